The van der Waals surface area contributed by atoms with Gasteiger partial charge in [0.05, 0.1) is 23.2 Å². The molecule has 1 aromatic carbocycles. The Morgan fingerprint density at radius 2 is 1.58 bits per heavy atom. The fourth-order valence-electron chi connectivity index (χ4n) is 1.34. The van der Waals surface area contributed by atoms with Gasteiger partial charge in [0.25, 0.3) is 11.8 Å². The fraction of sp³-hybridized carbons (Fsp3) is 0. The molecule has 1 aliphatic heterocycles. The normalized spacial score (nSPS) is 12.8. The summed E-state index contributed by atoms with van der Waals surface area (Å²) in [6.07, 6.45) is 5.08. The van der Waals surface area contributed by atoms with Gasteiger partial charge in [-0.25, -0.2) is 4.90 Å². The highest BCUT2D eigenvalue weighted by molar-refractivity contribution is 6.37. The second kappa shape index (κ2) is 7.18. The van der Waals surface area contributed by atoms with E-state index in [0.717, 1.165) is 4.90 Å². The average Bonchev–Trinajstić information content (AvgIpc) is 2.72. The van der Waals surface area contributed by atoms with Crippen LogP contribution in [-0.4, -0.2) is 11.8 Å². The molecule has 0 unspecified atom stereocenters. The van der Waals surface area contributed by atoms with Crippen LogP contribution in [0.3, 0.4) is 0 Å². The van der Waals surface area contributed by atoms with Crippen LogP contribution in [-0.2, 0) is 14.3 Å². The van der Waals surface area contributed by atoms with Crippen LogP contribution in [0.1, 0.15) is 0 Å². The summed E-state index contributed by atoms with van der Waals surface area (Å²) in [5, 5.41) is 0.387. The Kier molecular flexibility index (Phi) is 5.57. The molecule has 19 heavy (non-hydrogen) atoms. The Morgan fingerprint density at radius 3 is 2.00 bits per heavy atom. The Labute approximate surface area is 116 Å². The Balaban J connectivity index is 0.000000312. The average molecular weight is 278 g/mol. The summed E-state index contributed by atoms with van der Waals surface area (Å²) in [7, 11) is 0. The van der Waals surface area contributed by atoms with E-state index in [2.05, 4.69) is 17.9 Å². The Bertz CT molecular complexity index is 513. The van der Waals surface area contributed by atoms with Crippen LogP contribution in [0.25, 0.3) is 0 Å². The maximum atomic E-state index is 11.3. The lowest BCUT2D eigenvalue weighted by Crippen LogP contribution is -2.29. The van der Waals surface area contributed by atoms with Gasteiger partial charge in [-0.05, 0) is 12.1 Å². The predicted octanol–water partition coefficient (Wildman–Crippen LogP) is 3.06. The lowest BCUT2D eigenvalue weighted by atomic mass is 10.3. The maximum Gasteiger partial charge on any atom is 0.258 e. The molecular weight excluding hydrogens is 266 g/mol. The van der Waals surface area contributed by atoms with Gasteiger partial charge in [0, 0.05) is 12.2 Å². The number of amides is 2. The molecule has 0 aromatic heterocycles. The highest BCUT2D eigenvalue weighted by atomic mass is 35.5. The first kappa shape index (κ1) is 14.7. The number of anilines is 1. The number of carbonyl (C=O) groups is 2. The predicted molar refractivity (Wildman–Crippen MR) is 74.6 cm³/mol. The largest absolute Gasteiger partial charge is 0.474 e. The monoisotopic (exact) mass is 277 g/mol. The van der Waals surface area contributed by atoms with E-state index in [1.54, 1.807) is 24.3 Å². The fourth-order valence-corrected chi connectivity index (χ4v) is 1.56. The molecule has 0 fully saturated rings. The zero-order chi connectivity index (χ0) is 14.3. The van der Waals surface area contributed by atoms with Gasteiger partial charge in [0.15, 0.2) is 0 Å². The summed E-state index contributed by atoms with van der Waals surface area (Å²) in [5.41, 5.74) is 0.425. The minimum absolute atomic E-state index is 0.358. The van der Waals surface area contributed by atoms with Crippen LogP contribution in [0, 0.1) is 0 Å². The van der Waals surface area contributed by atoms with Crippen molar-refractivity contribution in [2.75, 3.05) is 4.90 Å². The number of carbonyl (C=O) groups excluding carboxylic acids is 2. The SMILES string of the molecule is C=COC=C.O=C1C=CC(=O)N1c1ccccc1Cl. The number of hydrogen-bond donors (Lipinski definition) is 0. The van der Waals surface area contributed by atoms with Crippen molar-refractivity contribution >= 4 is 29.1 Å². The Hall–Kier alpha value is -2.33. The molecule has 2 rings (SSSR count). The summed E-state index contributed by atoms with van der Waals surface area (Å²) in [5.74, 6) is -0.716. The van der Waals surface area contributed by atoms with Crippen molar-refractivity contribution in [3.05, 3.63) is 67.1 Å². The lowest BCUT2D eigenvalue weighted by Gasteiger charge is -2.14. The molecule has 1 aromatic rings. The third-order valence-corrected chi connectivity index (χ3v) is 2.41. The van der Waals surface area contributed by atoms with Gasteiger partial charge >= 0.3 is 0 Å². The van der Waals surface area contributed by atoms with E-state index in [4.69, 9.17) is 11.6 Å². The summed E-state index contributed by atoms with van der Waals surface area (Å²) in [6, 6.07) is 6.73. The first-order chi connectivity index (χ1) is 9.11. The van der Waals surface area contributed by atoms with E-state index in [1.165, 1.54) is 24.7 Å². The van der Waals surface area contributed by atoms with Crippen LogP contribution in [0.2, 0.25) is 5.02 Å². The maximum absolute atomic E-state index is 11.3. The van der Waals surface area contributed by atoms with Crippen molar-refractivity contribution in [2.45, 2.75) is 0 Å². The van der Waals surface area contributed by atoms with E-state index in [-0.39, 0.29) is 11.8 Å². The number of benzene rings is 1. The molecule has 98 valence electrons. The van der Waals surface area contributed by atoms with E-state index >= 15 is 0 Å². The van der Waals surface area contributed by atoms with Crippen molar-refractivity contribution in [3.63, 3.8) is 0 Å². The zero-order valence-corrected chi connectivity index (χ0v) is 10.8. The van der Waals surface area contributed by atoms with Crippen molar-refractivity contribution < 1.29 is 14.3 Å². The second-order valence-corrected chi connectivity index (χ2v) is 3.67. The third-order valence-electron chi connectivity index (χ3n) is 2.10. The highest BCUT2D eigenvalue weighted by Gasteiger charge is 2.26. The van der Waals surface area contributed by atoms with E-state index in [1.807, 2.05) is 0 Å². The third kappa shape index (κ3) is 3.82. The Morgan fingerprint density at radius 1 is 1.05 bits per heavy atom. The molecule has 0 N–H and O–H groups in total. The van der Waals surface area contributed by atoms with E-state index in [9.17, 15) is 9.59 Å². The van der Waals surface area contributed by atoms with E-state index in [0.29, 0.717) is 10.7 Å². The molecule has 4 nitrogen and oxygen atoms in total. The molecule has 0 saturated carbocycles. The summed E-state index contributed by atoms with van der Waals surface area (Å²) >= 11 is 5.86. The van der Waals surface area contributed by atoms with Gasteiger partial charge in [-0.3, -0.25) is 9.59 Å². The summed E-state index contributed by atoms with van der Waals surface area (Å²) < 4.78 is 4.36. The summed E-state index contributed by atoms with van der Waals surface area (Å²) in [4.78, 5) is 23.6. The molecule has 0 spiro atoms. The molecule has 0 atom stereocenters. The summed E-state index contributed by atoms with van der Waals surface area (Å²) in [6.45, 7) is 6.51. The molecule has 5 heteroatoms. The topological polar surface area (TPSA) is 46.6 Å². The van der Waals surface area contributed by atoms with Crippen LogP contribution >= 0.6 is 11.6 Å². The van der Waals surface area contributed by atoms with E-state index < -0.39 is 0 Å². The molecule has 0 bridgehead atoms. The minimum Gasteiger partial charge on any atom is -0.474 e. The smallest absolute Gasteiger partial charge is 0.258 e. The molecule has 0 radical (unpaired) electrons. The number of rotatable bonds is 3. The molecule has 1 aliphatic rings. The van der Waals surface area contributed by atoms with Crippen LogP contribution in [0.15, 0.2) is 62.1 Å². The van der Waals surface area contributed by atoms with Crippen LogP contribution < -0.4 is 4.90 Å². The van der Waals surface area contributed by atoms with Crippen LogP contribution in [0.4, 0.5) is 5.69 Å². The first-order valence-corrected chi connectivity index (χ1v) is 5.67. The van der Waals surface area contributed by atoms with Crippen molar-refractivity contribution in [3.8, 4) is 0 Å². The van der Waals surface area contributed by atoms with Crippen molar-refractivity contribution in [1.29, 1.82) is 0 Å². The van der Waals surface area contributed by atoms with Gasteiger partial charge in [-0.2, -0.15) is 0 Å². The number of halogens is 1. The van der Waals surface area contributed by atoms with Crippen molar-refractivity contribution in [1.82, 2.24) is 0 Å². The van der Waals surface area contributed by atoms with Crippen LogP contribution in [0.5, 0.6) is 0 Å². The number of hydrogen-bond acceptors (Lipinski definition) is 3. The molecule has 1 heterocycles. The lowest BCUT2D eigenvalue weighted by molar-refractivity contribution is -0.119. The highest BCUT2D eigenvalue weighted by Crippen LogP contribution is 2.27. The molecule has 0 saturated heterocycles. The standard InChI is InChI=1S/C10H6ClNO2.C4H6O/c11-7-3-1-2-4-8(7)12-9(13)5-6-10(12)14;1-3-5-4-2/h1-6H;3-4H,1-2H2. The van der Waals surface area contributed by atoms with Gasteiger partial charge in [0.2, 0.25) is 0 Å². The number of nitrogens with zero attached hydrogens (tertiary/aromatic N) is 1. The van der Waals surface area contributed by atoms with Gasteiger partial charge < -0.3 is 4.74 Å². The number of imide groups is 1. The number of ether oxygens (including phenoxy) is 1. The molecular formula is C14H12ClNO3. The number of para-hydroxylation sites is 1. The molecule has 2 amide bonds. The van der Waals surface area contributed by atoms with Gasteiger partial charge in [-0.15, -0.1) is 0 Å². The molecule has 0 aliphatic carbocycles. The first-order valence-electron chi connectivity index (χ1n) is 5.29. The second-order valence-electron chi connectivity index (χ2n) is 3.27. The van der Waals surface area contributed by atoms with Gasteiger partial charge in [0.1, 0.15) is 0 Å². The van der Waals surface area contributed by atoms with Crippen molar-refractivity contribution in [2.24, 2.45) is 0 Å². The minimum atomic E-state index is -0.358. The quantitative estimate of drug-likeness (QED) is 0.630. The van der Waals surface area contributed by atoms with Gasteiger partial charge in [-0.1, -0.05) is 36.9 Å². The zero-order valence-electron chi connectivity index (χ0n) is 10.1.